The van der Waals surface area contributed by atoms with E-state index in [0.29, 0.717) is 0 Å². The summed E-state index contributed by atoms with van der Waals surface area (Å²) in [6.07, 6.45) is 1.06. The Balaban J connectivity index is 2.13. The molecule has 1 aromatic carbocycles. The fourth-order valence-corrected chi connectivity index (χ4v) is 1.84. The molecule has 6 heteroatoms. The van der Waals surface area contributed by atoms with Crippen molar-refractivity contribution >= 4 is 11.7 Å². The second-order valence-corrected chi connectivity index (χ2v) is 4.70. The highest BCUT2D eigenvalue weighted by molar-refractivity contribution is 5.98. The molecule has 0 spiro atoms. The highest BCUT2D eigenvalue weighted by atomic mass is 16.5. The maximum absolute atomic E-state index is 12.1. The minimum atomic E-state index is -0.557. The maximum atomic E-state index is 12.1. The van der Waals surface area contributed by atoms with Gasteiger partial charge in [-0.05, 0) is 5.56 Å². The highest BCUT2D eigenvalue weighted by Gasteiger charge is 2.16. The maximum Gasteiger partial charge on any atom is 0.217 e. The van der Waals surface area contributed by atoms with Gasteiger partial charge in [0.15, 0.2) is 11.5 Å². The first-order valence-corrected chi connectivity index (χ1v) is 6.73. The van der Waals surface area contributed by atoms with Gasteiger partial charge in [-0.15, -0.1) is 0 Å². The first-order chi connectivity index (χ1) is 10.6. The number of hydrogen-bond acceptors (Lipinski definition) is 5. The van der Waals surface area contributed by atoms with Gasteiger partial charge in [-0.2, -0.15) is 0 Å². The Kier molecular flexibility index (Phi) is 5.08. The lowest BCUT2D eigenvalue weighted by Crippen LogP contribution is -2.14. The number of Topliss-reactive ketones (excluding diaryl/α,β-unsaturated/α-hetero) is 1. The summed E-state index contributed by atoms with van der Waals surface area (Å²) in [5.74, 6) is -0.839. The zero-order chi connectivity index (χ0) is 15.9. The molecule has 0 atom stereocenters. The van der Waals surface area contributed by atoms with E-state index in [1.165, 1.54) is 6.07 Å². The van der Waals surface area contributed by atoms with Crippen molar-refractivity contribution in [2.75, 3.05) is 0 Å². The standard InChI is InChI=1S/C16H16N2O4/c17-15(21)7-6-13(20)16-14(8-12(19)9-18-16)22-10-11-4-2-1-3-5-11/h1-5,8-9,19H,6-7,10H2,(H2,17,21). The van der Waals surface area contributed by atoms with E-state index in [0.717, 1.165) is 11.8 Å². The molecular weight excluding hydrogens is 284 g/mol. The molecule has 1 amide bonds. The molecule has 0 fully saturated rings. The number of ether oxygens (including phenoxy) is 1. The zero-order valence-corrected chi connectivity index (χ0v) is 11.9. The minimum absolute atomic E-state index is 0.0468. The lowest BCUT2D eigenvalue weighted by atomic mass is 10.1. The number of hydrogen-bond donors (Lipinski definition) is 2. The van der Waals surface area contributed by atoms with Crippen molar-refractivity contribution in [3.8, 4) is 11.5 Å². The molecule has 0 aliphatic heterocycles. The van der Waals surface area contributed by atoms with Crippen LogP contribution < -0.4 is 10.5 Å². The molecule has 2 aromatic rings. The number of nitrogens with zero attached hydrogens (tertiary/aromatic N) is 1. The van der Waals surface area contributed by atoms with Gasteiger partial charge >= 0.3 is 0 Å². The Morgan fingerprint density at radius 2 is 1.91 bits per heavy atom. The molecule has 0 bridgehead atoms. The molecule has 0 saturated heterocycles. The van der Waals surface area contributed by atoms with E-state index in [2.05, 4.69) is 4.98 Å². The van der Waals surface area contributed by atoms with Crippen molar-refractivity contribution in [3.63, 3.8) is 0 Å². The normalized spacial score (nSPS) is 10.2. The summed E-state index contributed by atoms with van der Waals surface area (Å²) in [6.45, 7) is 0.238. The number of ketones is 1. The number of primary amides is 1. The van der Waals surface area contributed by atoms with E-state index in [4.69, 9.17) is 10.5 Å². The first-order valence-electron chi connectivity index (χ1n) is 6.73. The molecule has 3 N–H and O–H groups in total. The number of benzene rings is 1. The molecule has 1 heterocycles. The van der Waals surface area contributed by atoms with Gasteiger partial charge in [0.25, 0.3) is 0 Å². The van der Waals surface area contributed by atoms with E-state index in [1.54, 1.807) is 0 Å². The Morgan fingerprint density at radius 1 is 1.18 bits per heavy atom. The Hall–Kier alpha value is -2.89. The number of aromatic hydroxyl groups is 1. The van der Waals surface area contributed by atoms with Crippen LogP contribution in [0.5, 0.6) is 11.5 Å². The molecule has 0 aliphatic carbocycles. The number of amides is 1. The van der Waals surface area contributed by atoms with Crippen LogP contribution in [0.4, 0.5) is 0 Å². The number of rotatable bonds is 7. The van der Waals surface area contributed by atoms with Crippen LogP contribution >= 0.6 is 0 Å². The summed E-state index contributed by atoms with van der Waals surface area (Å²) in [4.78, 5) is 26.7. The summed E-state index contributed by atoms with van der Waals surface area (Å²) in [5, 5.41) is 9.51. The third-order valence-corrected chi connectivity index (χ3v) is 2.94. The van der Waals surface area contributed by atoms with Gasteiger partial charge < -0.3 is 15.6 Å². The highest BCUT2D eigenvalue weighted by Crippen LogP contribution is 2.24. The summed E-state index contributed by atoms with van der Waals surface area (Å²) in [5.41, 5.74) is 6.03. The van der Waals surface area contributed by atoms with E-state index in [9.17, 15) is 14.7 Å². The third kappa shape index (κ3) is 4.31. The predicted molar refractivity (Wildman–Crippen MR) is 79.4 cm³/mol. The first kappa shape index (κ1) is 15.5. The second-order valence-electron chi connectivity index (χ2n) is 4.70. The molecule has 114 valence electrons. The second kappa shape index (κ2) is 7.21. The molecule has 0 radical (unpaired) electrons. The van der Waals surface area contributed by atoms with Crippen LogP contribution in [-0.4, -0.2) is 21.8 Å². The van der Waals surface area contributed by atoms with Crippen LogP contribution in [0.25, 0.3) is 0 Å². The molecule has 0 saturated carbocycles. The van der Waals surface area contributed by atoms with Crippen LogP contribution in [0, 0.1) is 0 Å². The van der Waals surface area contributed by atoms with E-state index < -0.39 is 5.91 Å². The summed E-state index contributed by atoms with van der Waals surface area (Å²) >= 11 is 0. The lowest BCUT2D eigenvalue weighted by molar-refractivity contribution is -0.118. The third-order valence-electron chi connectivity index (χ3n) is 2.94. The fourth-order valence-electron chi connectivity index (χ4n) is 1.84. The van der Waals surface area contributed by atoms with Gasteiger partial charge in [0, 0.05) is 18.9 Å². The average molecular weight is 300 g/mol. The average Bonchev–Trinajstić information content (AvgIpc) is 2.51. The molecule has 6 nitrogen and oxygen atoms in total. The molecule has 2 rings (SSSR count). The number of aromatic nitrogens is 1. The largest absolute Gasteiger partial charge is 0.506 e. The topological polar surface area (TPSA) is 103 Å². The Bertz CT molecular complexity index is 671. The van der Waals surface area contributed by atoms with Gasteiger partial charge in [0.1, 0.15) is 18.1 Å². The predicted octanol–water partition coefficient (Wildman–Crippen LogP) is 1.81. The van der Waals surface area contributed by atoms with Crippen molar-refractivity contribution < 1.29 is 19.4 Å². The van der Waals surface area contributed by atoms with Crippen molar-refractivity contribution in [1.82, 2.24) is 4.98 Å². The molecular formula is C16H16N2O4. The van der Waals surface area contributed by atoms with E-state index in [1.807, 2.05) is 30.3 Å². The van der Waals surface area contributed by atoms with Gasteiger partial charge in [-0.25, -0.2) is 4.98 Å². The number of nitrogens with two attached hydrogens (primary N) is 1. The van der Waals surface area contributed by atoms with Gasteiger partial charge in [0.05, 0.1) is 6.20 Å². The SMILES string of the molecule is NC(=O)CCC(=O)c1ncc(O)cc1OCc1ccccc1. The van der Waals surface area contributed by atoms with Crippen LogP contribution in [0.3, 0.4) is 0 Å². The summed E-state index contributed by atoms with van der Waals surface area (Å²) in [7, 11) is 0. The monoisotopic (exact) mass is 300 g/mol. The van der Waals surface area contributed by atoms with Crippen LogP contribution in [0.1, 0.15) is 28.9 Å². The van der Waals surface area contributed by atoms with Gasteiger partial charge in [-0.3, -0.25) is 9.59 Å². The van der Waals surface area contributed by atoms with Crippen LogP contribution in [0.15, 0.2) is 42.6 Å². The Labute approximate surface area is 127 Å². The quantitative estimate of drug-likeness (QED) is 0.759. The molecule has 1 aromatic heterocycles. The van der Waals surface area contributed by atoms with Crippen molar-refractivity contribution in [3.05, 3.63) is 53.9 Å². The summed E-state index contributed by atoms with van der Waals surface area (Å²) in [6, 6.07) is 10.7. The zero-order valence-electron chi connectivity index (χ0n) is 11.9. The summed E-state index contributed by atoms with van der Waals surface area (Å²) < 4.78 is 5.57. The van der Waals surface area contributed by atoms with Gasteiger partial charge in [-0.1, -0.05) is 30.3 Å². The van der Waals surface area contributed by atoms with Crippen molar-refractivity contribution in [2.45, 2.75) is 19.4 Å². The fraction of sp³-hybridized carbons (Fsp3) is 0.188. The number of pyridine rings is 1. The van der Waals surface area contributed by atoms with Crippen LogP contribution in [0.2, 0.25) is 0 Å². The lowest BCUT2D eigenvalue weighted by Gasteiger charge is -2.10. The molecule has 0 unspecified atom stereocenters. The molecule has 0 aliphatic rings. The van der Waals surface area contributed by atoms with Crippen LogP contribution in [-0.2, 0) is 11.4 Å². The number of carbonyl (C=O) groups excluding carboxylic acids is 2. The van der Waals surface area contributed by atoms with Crippen molar-refractivity contribution in [1.29, 1.82) is 0 Å². The van der Waals surface area contributed by atoms with Gasteiger partial charge in [0.2, 0.25) is 5.91 Å². The number of carbonyl (C=O) groups is 2. The van der Waals surface area contributed by atoms with E-state index in [-0.39, 0.29) is 42.4 Å². The van der Waals surface area contributed by atoms with E-state index >= 15 is 0 Å². The smallest absolute Gasteiger partial charge is 0.217 e. The minimum Gasteiger partial charge on any atom is -0.506 e. The van der Waals surface area contributed by atoms with Crippen molar-refractivity contribution in [2.24, 2.45) is 5.73 Å². The Morgan fingerprint density at radius 3 is 2.59 bits per heavy atom. The molecule has 22 heavy (non-hydrogen) atoms.